The van der Waals surface area contributed by atoms with Crippen molar-refractivity contribution in [1.82, 2.24) is 29.8 Å². The van der Waals surface area contributed by atoms with Gasteiger partial charge in [0.25, 0.3) is 0 Å². The molecule has 6 rings (SSSR count). The standard InChI is InChI=1S/C30H34F3N7O2/c31-30(32,33)25-6-13-36-28(38-25)40-15-8-23(19-40)27(41)39-14-7-21(18-39)16-20-4-9-29(42,10-5-20)24-3-2-22(17-37-24)26-34-11-1-12-35-26/h1-3,6,11-13,17,20-21,23,42H,4-5,7-10,14-16,18-19H2. The van der Waals surface area contributed by atoms with E-state index in [4.69, 9.17) is 0 Å². The first-order valence-electron chi connectivity index (χ1n) is 14.6. The second-order valence-electron chi connectivity index (χ2n) is 11.8. The summed E-state index contributed by atoms with van der Waals surface area (Å²) < 4.78 is 39.2. The Kier molecular flexibility index (Phi) is 7.82. The molecule has 1 aliphatic carbocycles. The molecule has 1 saturated carbocycles. The van der Waals surface area contributed by atoms with Crippen molar-refractivity contribution < 1.29 is 23.1 Å². The van der Waals surface area contributed by atoms with Crippen LogP contribution in [0.3, 0.4) is 0 Å². The van der Waals surface area contributed by atoms with Gasteiger partial charge in [-0.1, -0.05) is 0 Å². The molecule has 0 radical (unpaired) electrons. The van der Waals surface area contributed by atoms with E-state index in [0.717, 1.165) is 43.5 Å². The lowest BCUT2D eigenvalue weighted by Crippen LogP contribution is -2.36. The highest BCUT2D eigenvalue weighted by molar-refractivity contribution is 5.80. The third kappa shape index (κ3) is 6.08. The quantitative estimate of drug-likeness (QED) is 0.454. The average molecular weight is 582 g/mol. The maximum atomic E-state index is 13.3. The first-order valence-corrected chi connectivity index (χ1v) is 14.6. The first kappa shape index (κ1) is 28.4. The molecule has 2 atom stereocenters. The van der Waals surface area contributed by atoms with Crippen molar-refractivity contribution in [3.05, 3.63) is 60.4 Å². The molecular weight excluding hydrogens is 547 g/mol. The van der Waals surface area contributed by atoms with E-state index >= 15 is 0 Å². The Balaban J connectivity index is 0.977. The van der Waals surface area contributed by atoms with Crippen LogP contribution in [0.4, 0.5) is 19.1 Å². The van der Waals surface area contributed by atoms with E-state index in [9.17, 15) is 23.1 Å². The van der Waals surface area contributed by atoms with Crippen molar-refractivity contribution in [2.75, 3.05) is 31.1 Å². The number of anilines is 1. The topological polar surface area (TPSA) is 108 Å². The zero-order valence-corrected chi connectivity index (χ0v) is 23.2. The molecule has 0 bridgehead atoms. The summed E-state index contributed by atoms with van der Waals surface area (Å²) in [5.41, 5.74) is -0.425. The van der Waals surface area contributed by atoms with Gasteiger partial charge in [-0.2, -0.15) is 13.2 Å². The van der Waals surface area contributed by atoms with Crippen molar-refractivity contribution in [2.24, 2.45) is 17.8 Å². The summed E-state index contributed by atoms with van der Waals surface area (Å²) in [4.78, 5) is 37.6. The van der Waals surface area contributed by atoms with Crippen LogP contribution in [0.5, 0.6) is 0 Å². The summed E-state index contributed by atoms with van der Waals surface area (Å²) in [6, 6.07) is 6.40. The van der Waals surface area contributed by atoms with E-state index in [1.165, 1.54) is 0 Å². The molecule has 1 amide bonds. The van der Waals surface area contributed by atoms with Gasteiger partial charge in [0.1, 0.15) is 11.3 Å². The number of alkyl halides is 3. The van der Waals surface area contributed by atoms with Crippen molar-refractivity contribution in [3.63, 3.8) is 0 Å². The van der Waals surface area contributed by atoms with Crippen LogP contribution in [-0.2, 0) is 16.6 Å². The number of hydrogen-bond donors (Lipinski definition) is 1. The van der Waals surface area contributed by atoms with Gasteiger partial charge in [0.15, 0.2) is 5.82 Å². The number of hydrogen-bond acceptors (Lipinski definition) is 8. The van der Waals surface area contributed by atoms with Gasteiger partial charge in [-0.05, 0) is 81.0 Å². The van der Waals surface area contributed by atoms with E-state index in [0.29, 0.717) is 68.8 Å². The molecular formula is C30H34F3N7O2. The van der Waals surface area contributed by atoms with Gasteiger partial charge < -0.3 is 14.9 Å². The minimum absolute atomic E-state index is 0.0213. The Morgan fingerprint density at radius 2 is 1.71 bits per heavy atom. The number of halogens is 3. The zero-order chi connectivity index (χ0) is 29.3. The normalized spacial score (nSPS) is 26.5. The molecule has 0 spiro atoms. The van der Waals surface area contributed by atoms with Crippen LogP contribution in [0, 0.1) is 17.8 Å². The maximum Gasteiger partial charge on any atom is 0.433 e. The van der Waals surface area contributed by atoms with Gasteiger partial charge in [0, 0.05) is 56.5 Å². The van der Waals surface area contributed by atoms with Gasteiger partial charge in [-0.25, -0.2) is 19.9 Å². The summed E-state index contributed by atoms with van der Waals surface area (Å²) in [6.07, 6.45) is 7.33. The fourth-order valence-electron chi connectivity index (χ4n) is 6.65. The summed E-state index contributed by atoms with van der Waals surface area (Å²) in [5.74, 6) is 1.33. The second-order valence-corrected chi connectivity index (χ2v) is 11.8. The Morgan fingerprint density at radius 1 is 0.929 bits per heavy atom. The highest BCUT2D eigenvalue weighted by atomic mass is 19.4. The number of aliphatic hydroxyl groups is 1. The highest BCUT2D eigenvalue weighted by Gasteiger charge is 2.40. The Morgan fingerprint density at radius 3 is 2.43 bits per heavy atom. The summed E-state index contributed by atoms with van der Waals surface area (Å²) in [5, 5.41) is 11.4. The minimum atomic E-state index is -4.53. The van der Waals surface area contributed by atoms with Crippen molar-refractivity contribution in [2.45, 2.75) is 56.7 Å². The number of carbonyl (C=O) groups is 1. The van der Waals surface area contributed by atoms with Crippen LogP contribution in [0.1, 0.15) is 56.3 Å². The fourth-order valence-corrected chi connectivity index (χ4v) is 6.65. The van der Waals surface area contributed by atoms with Gasteiger partial charge in [-0.15, -0.1) is 0 Å². The molecule has 2 saturated heterocycles. The summed E-state index contributed by atoms with van der Waals surface area (Å²) >= 11 is 0. The van der Waals surface area contributed by atoms with Gasteiger partial charge in [0.05, 0.1) is 11.6 Å². The monoisotopic (exact) mass is 581 g/mol. The van der Waals surface area contributed by atoms with Crippen molar-refractivity contribution >= 4 is 11.9 Å². The third-order valence-corrected chi connectivity index (χ3v) is 9.01. The lowest BCUT2D eigenvalue weighted by atomic mass is 9.74. The van der Waals surface area contributed by atoms with Crippen LogP contribution in [0.25, 0.3) is 11.4 Å². The first-order chi connectivity index (χ1) is 20.2. The summed E-state index contributed by atoms with van der Waals surface area (Å²) in [7, 11) is 0. The van der Waals surface area contributed by atoms with E-state index in [-0.39, 0.29) is 17.8 Å². The third-order valence-electron chi connectivity index (χ3n) is 9.01. The number of carbonyl (C=O) groups excluding carboxylic acids is 1. The Bertz CT molecular complexity index is 1380. The second kappa shape index (κ2) is 11.5. The van der Waals surface area contributed by atoms with E-state index < -0.39 is 17.5 Å². The van der Waals surface area contributed by atoms with E-state index in [1.807, 2.05) is 17.0 Å². The smallest absolute Gasteiger partial charge is 0.384 e. The molecule has 3 aromatic rings. The Labute approximate surface area is 242 Å². The molecule has 3 aromatic heterocycles. The SMILES string of the molecule is O=C(C1CCN(c2nccc(C(F)(F)F)n2)C1)N1CCC(CC2CCC(O)(c3ccc(-c4ncccn4)cn3)CC2)C1. The number of likely N-dealkylation sites (tertiary alicyclic amines) is 1. The van der Waals surface area contributed by atoms with Crippen molar-refractivity contribution in [3.8, 4) is 11.4 Å². The molecule has 222 valence electrons. The van der Waals surface area contributed by atoms with Crippen LogP contribution in [0.2, 0.25) is 0 Å². The Hall–Kier alpha value is -3.67. The van der Waals surface area contributed by atoms with Gasteiger partial charge in [-0.3, -0.25) is 9.78 Å². The maximum absolute atomic E-state index is 13.3. The molecule has 12 heteroatoms. The predicted molar refractivity (Wildman–Crippen MR) is 148 cm³/mol. The van der Waals surface area contributed by atoms with Crippen molar-refractivity contribution in [1.29, 1.82) is 0 Å². The minimum Gasteiger partial charge on any atom is -0.384 e. The molecule has 5 heterocycles. The lowest BCUT2D eigenvalue weighted by molar-refractivity contribution is -0.141. The predicted octanol–water partition coefficient (Wildman–Crippen LogP) is 4.49. The molecule has 3 fully saturated rings. The van der Waals surface area contributed by atoms with Crippen LogP contribution >= 0.6 is 0 Å². The summed E-state index contributed by atoms with van der Waals surface area (Å²) in [6.45, 7) is 2.20. The number of pyridine rings is 1. The van der Waals surface area contributed by atoms with Crippen LogP contribution in [0.15, 0.2) is 49.1 Å². The van der Waals surface area contributed by atoms with E-state index in [1.54, 1.807) is 29.6 Å². The molecule has 3 aliphatic rings. The molecule has 2 aliphatic heterocycles. The van der Waals surface area contributed by atoms with E-state index in [2.05, 4.69) is 24.9 Å². The van der Waals surface area contributed by atoms with Gasteiger partial charge in [0.2, 0.25) is 11.9 Å². The molecule has 9 nitrogen and oxygen atoms in total. The van der Waals surface area contributed by atoms with Crippen LogP contribution in [-0.4, -0.2) is 67.0 Å². The number of nitrogens with zero attached hydrogens (tertiary/aromatic N) is 7. The number of aromatic nitrogens is 5. The van der Waals surface area contributed by atoms with Gasteiger partial charge >= 0.3 is 6.18 Å². The number of amides is 1. The highest BCUT2D eigenvalue weighted by Crippen LogP contribution is 2.42. The molecule has 1 N–H and O–H groups in total. The van der Waals surface area contributed by atoms with Crippen LogP contribution < -0.4 is 4.90 Å². The average Bonchev–Trinajstić information content (AvgIpc) is 3.69. The number of rotatable bonds is 6. The lowest BCUT2D eigenvalue weighted by Gasteiger charge is -2.36. The molecule has 2 unspecified atom stereocenters. The molecule has 0 aromatic carbocycles. The fraction of sp³-hybridized carbons (Fsp3) is 0.533. The largest absolute Gasteiger partial charge is 0.433 e. The molecule has 42 heavy (non-hydrogen) atoms. The zero-order valence-electron chi connectivity index (χ0n) is 23.2.